The number of anilines is 1. The number of nitrogens with zero attached hydrogens (tertiary/aromatic N) is 2. The van der Waals surface area contributed by atoms with Crippen molar-refractivity contribution in [2.24, 2.45) is 0 Å². The first-order chi connectivity index (χ1) is 5.65. The van der Waals surface area contributed by atoms with Gasteiger partial charge in [-0.2, -0.15) is 0 Å². The molecule has 1 heterocycles. The summed E-state index contributed by atoms with van der Waals surface area (Å²) in [6, 6.07) is 3.01. The zero-order valence-corrected chi connectivity index (χ0v) is 6.87. The summed E-state index contributed by atoms with van der Waals surface area (Å²) in [7, 11) is 1.72. The summed E-state index contributed by atoms with van der Waals surface area (Å²) in [6.07, 6.45) is 0. The van der Waals surface area contributed by atoms with Crippen molar-refractivity contribution in [3.8, 4) is 0 Å². The third-order valence-electron chi connectivity index (χ3n) is 1.51. The molecular weight excluding hydrogens is 158 g/mol. The van der Waals surface area contributed by atoms with Gasteiger partial charge in [0.05, 0.1) is 4.92 Å². The van der Waals surface area contributed by atoms with Gasteiger partial charge in [-0.1, -0.05) is 0 Å². The molecule has 64 valence electrons. The van der Waals surface area contributed by atoms with Gasteiger partial charge in [0.15, 0.2) is 0 Å². The molecule has 0 saturated carbocycles. The largest absolute Gasteiger partial charge is 0.373 e. The van der Waals surface area contributed by atoms with Gasteiger partial charge >= 0.3 is 0 Å². The van der Waals surface area contributed by atoms with Gasteiger partial charge in [0, 0.05) is 13.1 Å². The summed E-state index contributed by atoms with van der Waals surface area (Å²) in [5, 5.41) is 13.2. The SMILES string of the molecule is CNc1ccc([N+](=O)[O-])c(C)n1. The van der Waals surface area contributed by atoms with E-state index in [1.807, 2.05) is 0 Å². The Morgan fingerprint density at radius 3 is 2.67 bits per heavy atom. The third kappa shape index (κ3) is 1.50. The lowest BCUT2D eigenvalue weighted by Crippen LogP contribution is -1.97. The van der Waals surface area contributed by atoms with Gasteiger partial charge in [-0.25, -0.2) is 4.98 Å². The van der Waals surface area contributed by atoms with E-state index in [0.717, 1.165) is 0 Å². The quantitative estimate of drug-likeness (QED) is 0.533. The molecule has 12 heavy (non-hydrogen) atoms. The summed E-state index contributed by atoms with van der Waals surface area (Å²) < 4.78 is 0. The van der Waals surface area contributed by atoms with E-state index in [1.165, 1.54) is 6.07 Å². The lowest BCUT2D eigenvalue weighted by molar-refractivity contribution is -0.385. The maximum absolute atomic E-state index is 10.4. The molecule has 0 fully saturated rings. The van der Waals surface area contributed by atoms with Gasteiger partial charge < -0.3 is 5.32 Å². The Morgan fingerprint density at radius 1 is 1.58 bits per heavy atom. The molecule has 1 rings (SSSR count). The molecule has 0 saturated heterocycles. The van der Waals surface area contributed by atoms with Crippen molar-refractivity contribution in [3.05, 3.63) is 27.9 Å². The van der Waals surface area contributed by atoms with Gasteiger partial charge in [0.2, 0.25) is 0 Å². The van der Waals surface area contributed by atoms with Crippen molar-refractivity contribution in [1.29, 1.82) is 0 Å². The predicted molar refractivity (Wildman–Crippen MR) is 45.2 cm³/mol. The fraction of sp³-hybridized carbons (Fsp3) is 0.286. The van der Waals surface area contributed by atoms with Crippen LogP contribution in [0.3, 0.4) is 0 Å². The molecule has 1 aromatic heterocycles. The standard InChI is InChI=1S/C7H9N3O2/c1-5-6(10(11)12)3-4-7(8-2)9-5/h3-4H,1-2H3,(H,8,9). The molecule has 0 radical (unpaired) electrons. The molecule has 0 amide bonds. The number of rotatable bonds is 2. The number of hydrogen-bond donors (Lipinski definition) is 1. The van der Waals surface area contributed by atoms with Crippen molar-refractivity contribution in [1.82, 2.24) is 4.98 Å². The summed E-state index contributed by atoms with van der Waals surface area (Å²) in [5.74, 6) is 0.637. The van der Waals surface area contributed by atoms with Gasteiger partial charge in [-0.3, -0.25) is 10.1 Å². The Morgan fingerprint density at radius 2 is 2.25 bits per heavy atom. The Labute approximate surface area is 69.6 Å². The topological polar surface area (TPSA) is 68.1 Å². The molecule has 1 N–H and O–H groups in total. The highest BCUT2D eigenvalue weighted by atomic mass is 16.6. The van der Waals surface area contributed by atoms with Crippen molar-refractivity contribution < 1.29 is 4.92 Å². The van der Waals surface area contributed by atoms with E-state index in [2.05, 4.69) is 10.3 Å². The monoisotopic (exact) mass is 167 g/mol. The van der Waals surface area contributed by atoms with Crippen LogP contribution in [-0.4, -0.2) is 17.0 Å². The number of hydrogen-bond acceptors (Lipinski definition) is 4. The van der Waals surface area contributed by atoms with Gasteiger partial charge in [-0.05, 0) is 13.0 Å². The summed E-state index contributed by atoms with van der Waals surface area (Å²) in [6.45, 7) is 1.61. The van der Waals surface area contributed by atoms with Crippen molar-refractivity contribution in [2.45, 2.75) is 6.92 Å². The summed E-state index contributed by atoms with van der Waals surface area (Å²) in [4.78, 5) is 13.9. The minimum absolute atomic E-state index is 0.0500. The van der Waals surface area contributed by atoms with Crippen LogP contribution >= 0.6 is 0 Å². The average Bonchev–Trinajstić information content (AvgIpc) is 2.03. The van der Waals surface area contributed by atoms with E-state index in [-0.39, 0.29) is 5.69 Å². The highest BCUT2D eigenvalue weighted by Gasteiger charge is 2.10. The Kier molecular flexibility index (Phi) is 2.23. The van der Waals surface area contributed by atoms with E-state index in [1.54, 1.807) is 20.0 Å². The van der Waals surface area contributed by atoms with Crippen LogP contribution in [0.15, 0.2) is 12.1 Å². The number of nitro groups is 1. The van der Waals surface area contributed by atoms with Gasteiger partial charge in [0.25, 0.3) is 5.69 Å². The number of aromatic nitrogens is 1. The predicted octanol–water partition coefficient (Wildman–Crippen LogP) is 1.34. The lowest BCUT2D eigenvalue weighted by atomic mass is 10.3. The maximum atomic E-state index is 10.4. The molecule has 0 aromatic carbocycles. The fourth-order valence-electron chi connectivity index (χ4n) is 0.886. The van der Waals surface area contributed by atoms with E-state index in [4.69, 9.17) is 0 Å². The van der Waals surface area contributed by atoms with Crippen molar-refractivity contribution in [2.75, 3.05) is 12.4 Å². The van der Waals surface area contributed by atoms with Crippen LogP contribution in [0, 0.1) is 17.0 Å². The molecule has 0 aliphatic heterocycles. The first-order valence-electron chi connectivity index (χ1n) is 3.45. The van der Waals surface area contributed by atoms with Crippen LogP contribution in [0.1, 0.15) is 5.69 Å². The Bertz CT molecular complexity index is 312. The molecule has 0 unspecified atom stereocenters. The van der Waals surface area contributed by atoms with Crippen LogP contribution in [0.2, 0.25) is 0 Å². The van der Waals surface area contributed by atoms with Crippen molar-refractivity contribution in [3.63, 3.8) is 0 Å². The Balaban J connectivity index is 3.12. The van der Waals surface area contributed by atoms with Gasteiger partial charge in [0.1, 0.15) is 11.5 Å². The van der Waals surface area contributed by atoms with Crippen LogP contribution in [0.5, 0.6) is 0 Å². The second-order valence-corrected chi connectivity index (χ2v) is 2.31. The van der Waals surface area contributed by atoms with Crippen LogP contribution in [0.4, 0.5) is 11.5 Å². The molecule has 5 heteroatoms. The number of aryl methyl sites for hydroxylation is 1. The number of nitrogens with one attached hydrogen (secondary N) is 1. The first-order valence-corrected chi connectivity index (χ1v) is 3.45. The normalized spacial score (nSPS) is 9.50. The molecule has 0 spiro atoms. The summed E-state index contributed by atoms with van der Waals surface area (Å²) >= 11 is 0. The summed E-state index contributed by atoms with van der Waals surface area (Å²) in [5.41, 5.74) is 0.473. The van der Waals surface area contributed by atoms with E-state index >= 15 is 0 Å². The lowest BCUT2D eigenvalue weighted by Gasteiger charge is -1.99. The van der Waals surface area contributed by atoms with Crippen molar-refractivity contribution >= 4 is 11.5 Å². The molecular formula is C7H9N3O2. The van der Waals surface area contributed by atoms with Crippen LogP contribution in [-0.2, 0) is 0 Å². The molecule has 1 aromatic rings. The molecule has 0 bridgehead atoms. The minimum atomic E-state index is -0.443. The van der Waals surface area contributed by atoms with Crippen LogP contribution < -0.4 is 5.32 Å². The van der Waals surface area contributed by atoms with Gasteiger partial charge in [-0.15, -0.1) is 0 Å². The smallest absolute Gasteiger partial charge is 0.290 e. The average molecular weight is 167 g/mol. The van der Waals surface area contributed by atoms with Crippen LogP contribution in [0.25, 0.3) is 0 Å². The highest BCUT2D eigenvalue weighted by Crippen LogP contribution is 2.16. The second-order valence-electron chi connectivity index (χ2n) is 2.31. The zero-order chi connectivity index (χ0) is 9.14. The van der Waals surface area contributed by atoms with E-state index in [9.17, 15) is 10.1 Å². The molecule has 0 aliphatic carbocycles. The second kappa shape index (κ2) is 3.17. The van der Waals surface area contributed by atoms with E-state index < -0.39 is 4.92 Å². The number of pyridine rings is 1. The maximum Gasteiger partial charge on any atom is 0.290 e. The molecule has 0 aliphatic rings. The highest BCUT2D eigenvalue weighted by molar-refractivity contribution is 5.44. The zero-order valence-electron chi connectivity index (χ0n) is 6.87. The minimum Gasteiger partial charge on any atom is -0.373 e. The first kappa shape index (κ1) is 8.45. The third-order valence-corrected chi connectivity index (χ3v) is 1.51. The molecule has 5 nitrogen and oxygen atoms in total. The molecule has 0 atom stereocenters. The van der Waals surface area contributed by atoms with E-state index in [0.29, 0.717) is 11.5 Å². The fourth-order valence-corrected chi connectivity index (χ4v) is 0.886. The Hall–Kier alpha value is -1.65.